The molecule has 26 heavy (non-hydrogen) atoms. The molecule has 138 valence electrons. The summed E-state index contributed by atoms with van der Waals surface area (Å²) in [6, 6.07) is 11.8. The predicted molar refractivity (Wildman–Crippen MR) is 99.1 cm³/mol. The molecule has 0 heterocycles. The fraction of sp³-hybridized carbons (Fsp3) is 0.263. The molecule has 0 aliphatic heterocycles. The van der Waals surface area contributed by atoms with Gasteiger partial charge in [0.1, 0.15) is 0 Å². The van der Waals surface area contributed by atoms with Crippen molar-refractivity contribution >= 4 is 29.2 Å². The van der Waals surface area contributed by atoms with E-state index in [9.17, 15) is 9.59 Å². The molecule has 0 saturated heterocycles. The van der Waals surface area contributed by atoms with E-state index in [1.807, 2.05) is 13.0 Å². The van der Waals surface area contributed by atoms with Crippen LogP contribution >= 0.6 is 11.6 Å². The normalized spacial score (nSPS) is 11.4. The predicted octanol–water partition coefficient (Wildman–Crippen LogP) is 3.93. The third-order valence-electron chi connectivity index (χ3n) is 3.45. The Hall–Kier alpha value is -2.73. The second kappa shape index (κ2) is 9.10. The van der Waals surface area contributed by atoms with Gasteiger partial charge in [-0.05, 0) is 38.1 Å². The first-order chi connectivity index (χ1) is 12.5. The lowest BCUT2D eigenvalue weighted by Crippen LogP contribution is -2.30. The fourth-order valence-corrected chi connectivity index (χ4v) is 2.43. The van der Waals surface area contributed by atoms with Crippen LogP contribution in [0, 0.1) is 0 Å². The summed E-state index contributed by atoms with van der Waals surface area (Å²) in [4.78, 5) is 24.5. The molecule has 1 amide bonds. The molecular weight excluding hydrogens is 358 g/mol. The van der Waals surface area contributed by atoms with Gasteiger partial charge >= 0.3 is 5.97 Å². The molecule has 0 bridgehead atoms. The van der Waals surface area contributed by atoms with Crippen molar-refractivity contribution < 1.29 is 23.8 Å². The molecule has 1 atom stereocenters. The minimum atomic E-state index is -0.987. The number of halogens is 1. The number of hydrogen-bond acceptors (Lipinski definition) is 5. The topological polar surface area (TPSA) is 73.9 Å². The molecule has 0 saturated carbocycles. The highest BCUT2D eigenvalue weighted by Crippen LogP contribution is 2.36. The SMILES string of the molecule is CCOc1c(Cl)cc(C(=O)O[C@@H](C)C(=O)Nc2ccccc2)cc1OC. The maximum atomic E-state index is 12.3. The Labute approximate surface area is 157 Å². The van der Waals surface area contributed by atoms with E-state index >= 15 is 0 Å². The number of benzene rings is 2. The molecular formula is C19H20ClNO5. The molecule has 0 aliphatic rings. The first-order valence-corrected chi connectivity index (χ1v) is 8.41. The number of para-hydroxylation sites is 1. The van der Waals surface area contributed by atoms with Gasteiger partial charge in [0.25, 0.3) is 5.91 Å². The lowest BCUT2D eigenvalue weighted by atomic mass is 10.2. The van der Waals surface area contributed by atoms with Crippen LogP contribution in [0.3, 0.4) is 0 Å². The van der Waals surface area contributed by atoms with Crippen LogP contribution in [0.4, 0.5) is 5.69 Å². The lowest BCUT2D eigenvalue weighted by Gasteiger charge is -2.15. The van der Waals surface area contributed by atoms with Gasteiger partial charge in [-0.3, -0.25) is 4.79 Å². The summed E-state index contributed by atoms with van der Waals surface area (Å²) >= 11 is 6.15. The van der Waals surface area contributed by atoms with E-state index in [4.69, 9.17) is 25.8 Å². The smallest absolute Gasteiger partial charge is 0.339 e. The Morgan fingerprint density at radius 2 is 1.88 bits per heavy atom. The Morgan fingerprint density at radius 3 is 2.50 bits per heavy atom. The van der Waals surface area contributed by atoms with Gasteiger partial charge in [-0.1, -0.05) is 29.8 Å². The van der Waals surface area contributed by atoms with Crippen molar-refractivity contribution in [1.82, 2.24) is 0 Å². The van der Waals surface area contributed by atoms with Gasteiger partial charge in [-0.2, -0.15) is 0 Å². The number of carbonyl (C=O) groups is 2. The van der Waals surface area contributed by atoms with Gasteiger partial charge in [-0.15, -0.1) is 0 Å². The molecule has 1 N–H and O–H groups in total. The summed E-state index contributed by atoms with van der Waals surface area (Å²) < 4.78 is 15.8. The third kappa shape index (κ3) is 4.89. The number of rotatable bonds is 7. The summed E-state index contributed by atoms with van der Waals surface area (Å²) in [5.74, 6) is -0.465. The molecule has 7 heteroatoms. The molecule has 0 aromatic heterocycles. The summed E-state index contributed by atoms with van der Waals surface area (Å²) in [6.07, 6.45) is -0.987. The fourth-order valence-electron chi connectivity index (χ4n) is 2.17. The largest absolute Gasteiger partial charge is 0.493 e. The van der Waals surface area contributed by atoms with Crippen LogP contribution < -0.4 is 14.8 Å². The van der Waals surface area contributed by atoms with Crippen molar-refractivity contribution in [3.8, 4) is 11.5 Å². The van der Waals surface area contributed by atoms with Crippen LogP contribution in [0.15, 0.2) is 42.5 Å². The van der Waals surface area contributed by atoms with Gasteiger partial charge in [0.2, 0.25) is 0 Å². The number of esters is 1. The van der Waals surface area contributed by atoms with Crippen molar-refractivity contribution in [3.63, 3.8) is 0 Å². The molecule has 0 fully saturated rings. The second-order valence-corrected chi connectivity index (χ2v) is 5.73. The van der Waals surface area contributed by atoms with Crippen LogP contribution in [0.5, 0.6) is 11.5 Å². The highest BCUT2D eigenvalue weighted by molar-refractivity contribution is 6.32. The minimum absolute atomic E-state index is 0.162. The summed E-state index contributed by atoms with van der Waals surface area (Å²) in [5, 5.41) is 2.89. The molecule has 0 radical (unpaired) electrons. The average Bonchev–Trinajstić information content (AvgIpc) is 2.63. The molecule has 6 nitrogen and oxygen atoms in total. The molecule has 2 aromatic carbocycles. The zero-order valence-electron chi connectivity index (χ0n) is 14.7. The molecule has 0 aliphatic carbocycles. The Bertz CT molecular complexity index is 779. The molecule has 0 unspecified atom stereocenters. The lowest BCUT2D eigenvalue weighted by molar-refractivity contribution is -0.123. The molecule has 0 spiro atoms. The van der Waals surface area contributed by atoms with E-state index in [1.54, 1.807) is 24.3 Å². The van der Waals surface area contributed by atoms with Crippen LogP contribution in [0.2, 0.25) is 5.02 Å². The van der Waals surface area contributed by atoms with E-state index in [0.717, 1.165) is 0 Å². The van der Waals surface area contributed by atoms with Crippen molar-refractivity contribution in [1.29, 1.82) is 0 Å². The maximum absolute atomic E-state index is 12.3. The van der Waals surface area contributed by atoms with Crippen molar-refractivity contribution in [3.05, 3.63) is 53.1 Å². The van der Waals surface area contributed by atoms with Gasteiger partial charge in [0.05, 0.1) is 24.3 Å². The highest BCUT2D eigenvalue weighted by atomic mass is 35.5. The molecule has 2 aromatic rings. The van der Waals surface area contributed by atoms with Crippen LogP contribution in [-0.2, 0) is 9.53 Å². The zero-order valence-corrected chi connectivity index (χ0v) is 15.5. The number of carbonyl (C=O) groups excluding carboxylic acids is 2. The number of hydrogen-bond donors (Lipinski definition) is 1. The number of nitrogens with one attached hydrogen (secondary N) is 1. The van der Waals surface area contributed by atoms with Crippen LogP contribution in [0.1, 0.15) is 24.2 Å². The summed E-state index contributed by atoms with van der Waals surface area (Å²) in [6.45, 7) is 3.70. The maximum Gasteiger partial charge on any atom is 0.339 e. The quantitative estimate of drug-likeness (QED) is 0.740. The Balaban J connectivity index is 2.09. The standard InChI is InChI=1S/C19H20ClNO5/c1-4-25-17-15(20)10-13(11-16(17)24-3)19(23)26-12(2)18(22)21-14-8-6-5-7-9-14/h5-12H,4H2,1-3H3,(H,21,22)/t12-/m0/s1. The minimum Gasteiger partial charge on any atom is -0.493 e. The third-order valence-corrected chi connectivity index (χ3v) is 3.73. The van der Waals surface area contributed by atoms with Gasteiger partial charge in [0.15, 0.2) is 17.6 Å². The van der Waals surface area contributed by atoms with Crippen LogP contribution in [0.25, 0.3) is 0 Å². The number of methoxy groups -OCH3 is 1. The first-order valence-electron chi connectivity index (χ1n) is 8.03. The second-order valence-electron chi connectivity index (χ2n) is 5.33. The van der Waals surface area contributed by atoms with Crippen molar-refractivity contribution in [2.24, 2.45) is 0 Å². The summed E-state index contributed by atoms with van der Waals surface area (Å²) in [7, 11) is 1.44. The number of anilines is 1. The summed E-state index contributed by atoms with van der Waals surface area (Å²) in [5.41, 5.74) is 0.779. The van der Waals surface area contributed by atoms with Gasteiger partial charge in [-0.25, -0.2) is 4.79 Å². The van der Waals surface area contributed by atoms with E-state index in [2.05, 4.69) is 5.32 Å². The van der Waals surface area contributed by atoms with Crippen molar-refractivity contribution in [2.45, 2.75) is 20.0 Å². The highest BCUT2D eigenvalue weighted by Gasteiger charge is 2.21. The van der Waals surface area contributed by atoms with Crippen LogP contribution in [-0.4, -0.2) is 31.7 Å². The number of amides is 1. The van der Waals surface area contributed by atoms with E-state index in [1.165, 1.54) is 26.2 Å². The molecule has 2 rings (SSSR count). The average molecular weight is 378 g/mol. The van der Waals surface area contributed by atoms with Gasteiger partial charge in [0, 0.05) is 5.69 Å². The van der Waals surface area contributed by atoms with E-state index in [-0.39, 0.29) is 10.6 Å². The van der Waals surface area contributed by atoms with Crippen molar-refractivity contribution in [2.75, 3.05) is 19.0 Å². The zero-order chi connectivity index (χ0) is 19.1. The van der Waals surface area contributed by atoms with E-state index < -0.39 is 18.0 Å². The Kier molecular flexibility index (Phi) is 6.86. The first kappa shape index (κ1) is 19.6. The Morgan fingerprint density at radius 1 is 1.19 bits per heavy atom. The van der Waals surface area contributed by atoms with E-state index in [0.29, 0.717) is 23.8 Å². The number of ether oxygens (including phenoxy) is 3. The monoisotopic (exact) mass is 377 g/mol. The van der Waals surface area contributed by atoms with Gasteiger partial charge < -0.3 is 19.5 Å².